The number of aryl methyl sites for hydroxylation is 1. The quantitative estimate of drug-likeness (QED) is 0.853. The van der Waals surface area contributed by atoms with Crippen molar-refractivity contribution >= 4 is 11.6 Å². The number of rotatable bonds is 4. The van der Waals surface area contributed by atoms with E-state index >= 15 is 0 Å². The summed E-state index contributed by atoms with van der Waals surface area (Å²) in [4.78, 5) is 0. The van der Waals surface area contributed by atoms with Crippen LogP contribution in [0, 0.1) is 12.8 Å². The normalized spacial score (nSPS) is 18.8. The molecule has 2 N–H and O–H groups in total. The Balaban J connectivity index is 1.87. The summed E-state index contributed by atoms with van der Waals surface area (Å²) in [6, 6.07) is 6.53. The third-order valence-electron chi connectivity index (χ3n) is 4.05. The molecule has 1 unspecified atom stereocenters. The molecular weight excluding hydrogens is 242 g/mol. The molecular formula is C16H24ClN. The second kappa shape index (κ2) is 6.58. The van der Waals surface area contributed by atoms with Gasteiger partial charge in [-0.3, -0.25) is 0 Å². The molecule has 1 fully saturated rings. The van der Waals surface area contributed by atoms with Gasteiger partial charge in [0.05, 0.1) is 0 Å². The van der Waals surface area contributed by atoms with E-state index in [2.05, 4.69) is 19.1 Å². The fraction of sp³-hybridized carbons (Fsp3) is 0.625. The summed E-state index contributed by atoms with van der Waals surface area (Å²) < 4.78 is 0. The van der Waals surface area contributed by atoms with Gasteiger partial charge in [0, 0.05) is 11.1 Å². The van der Waals surface area contributed by atoms with E-state index in [1.807, 2.05) is 6.07 Å². The second-order valence-corrected chi connectivity index (χ2v) is 6.21. The summed E-state index contributed by atoms with van der Waals surface area (Å²) in [6.45, 7) is 2.07. The van der Waals surface area contributed by atoms with Crippen molar-refractivity contribution in [1.82, 2.24) is 0 Å². The molecule has 0 aromatic heterocycles. The molecule has 1 aliphatic rings. The molecule has 0 heterocycles. The first-order valence-corrected chi connectivity index (χ1v) is 7.53. The van der Waals surface area contributed by atoms with Crippen LogP contribution < -0.4 is 5.73 Å². The van der Waals surface area contributed by atoms with Gasteiger partial charge in [0.1, 0.15) is 0 Å². The molecule has 0 aliphatic heterocycles. The number of halogens is 1. The lowest BCUT2D eigenvalue weighted by Crippen LogP contribution is -2.27. The van der Waals surface area contributed by atoms with Crippen molar-refractivity contribution in [3.8, 4) is 0 Å². The maximum absolute atomic E-state index is 6.28. The highest BCUT2D eigenvalue weighted by atomic mass is 35.5. The predicted octanol–water partition coefficient (Wildman–Crippen LogP) is 4.49. The Morgan fingerprint density at radius 1 is 1.28 bits per heavy atom. The lowest BCUT2D eigenvalue weighted by atomic mass is 9.84. The molecule has 1 aliphatic carbocycles. The zero-order valence-electron chi connectivity index (χ0n) is 11.3. The van der Waals surface area contributed by atoms with E-state index in [-0.39, 0.29) is 6.04 Å². The lowest BCUT2D eigenvalue weighted by molar-refractivity contribution is 0.317. The molecule has 18 heavy (non-hydrogen) atoms. The molecule has 1 saturated carbocycles. The van der Waals surface area contributed by atoms with Crippen LogP contribution in [0.4, 0.5) is 0 Å². The molecule has 0 amide bonds. The Labute approximate surface area is 116 Å². The minimum absolute atomic E-state index is 0.258. The molecule has 2 rings (SSSR count). The van der Waals surface area contributed by atoms with Crippen molar-refractivity contribution in [3.05, 3.63) is 34.3 Å². The van der Waals surface area contributed by atoms with Crippen LogP contribution in [0.5, 0.6) is 0 Å². The van der Waals surface area contributed by atoms with Crippen LogP contribution in [0.15, 0.2) is 18.2 Å². The largest absolute Gasteiger partial charge is 0.327 e. The van der Waals surface area contributed by atoms with Crippen LogP contribution >= 0.6 is 11.6 Å². The zero-order valence-corrected chi connectivity index (χ0v) is 12.0. The molecule has 1 atom stereocenters. The van der Waals surface area contributed by atoms with E-state index in [0.29, 0.717) is 0 Å². The number of nitrogens with two attached hydrogens (primary N) is 1. The summed E-state index contributed by atoms with van der Waals surface area (Å²) >= 11 is 6.26. The summed E-state index contributed by atoms with van der Waals surface area (Å²) in [6.07, 6.45) is 9.01. The molecule has 0 radical (unpaired) electrons. The van der Waals surface area contributed by atoms with Gasteiger partial charge in [-0.2, -0.15) is 0 Å². The topological polar surface area (TPSA) is 26.0 Å². The SMILES string of the molecule is Cc1ccc(CC(N)CC2CCCCC2)c(Cl)c1. The van der Waals surface area contributed by atoms with Crippen molar-refractivity contribution in [2.24, 2.45) is 11.7 Å². The first-order valence-electron chi connectivity index (χ1n) is 7.16. The Hall–Kier alpha value is -0.530. The summed E-state index contributed by atoms with van der Waals surface area (Å²) in [7, 11) is 0. The van der Waals surface area contributed by atoms with Gasteiger partial charge in [-0.05, 0) is 42.9 Å². The van der Waals surface area contributed by atoms with Crippen molar-refractivity contribution in [2.75, 3.05) is 0 Å². The smallest absolute Gasteiger partial charge is 0.0441 e. The van der Waals surface area contributed by atoms with E-state index in [1.165, 1.54) is 43.2 Å². The highest BCUT2D eigenvalue weighted by Crippen LogP contribution is 2.28. The molecule has 0 saturated heterocycles. The Kier molecular flexibility index (Phi) is 5.08. The van der Waals surface area contributed by atoms with Crippen LogP contribution in [-0.2, 0) is 6.42 Å². The van der Waals surface area contributed by atoms with Crippen LogP contribution in [0.2, 0.25) is 5.02 Å². The van der Waals surface area contributed by atoms with Gasteiger partial charge in [0.15, 0.2) is 0 Å². The zero-order chi connectivity index (χ0) is 13.0. The molecule has 1 nitrogen and oxygen atoms in total. The lowest BCUT2D eigenvalue weighted by Gasteiger charge is -2.24. The summed E-state index contributed by atoms with van der Waals surface area (Å²) in [5.41, 5.74) is 8.70. The Bertz CT molecular complexity index is 383. The Morgan fingerprint density at radius 3 is 2.67 bits per heavy atom. The molecule has 1 aromatic rings. The van der Waals surface area contributed by atoms with E-state index in [0.717, 1.165) is 23.8 Å². The summed E-state index contributed by atoms with van der Waals surface area (Å²) in [5, 5.41) is 0.870. The molecule has 2 heteroatoms. The third kappa shape index (κ3) is 4.00. The maximum atomic E-state index is 6.28. The predicted molar refractivity (Wildman–Crippen MR) is 79.1 cm³/mol. The van der Waals surface area contributed by atoms with Crippen LogP contribution in [0.3, 0.4) is 0 Å². The average Bonchev–Trinajstić information content (AvgIpc) is 2.34. The van der Waals surface area contributed by atoms with Crippen molar-refractivity contribution in [3.63, 3.8) is 0 Å². The average molecular weight is 266 g/mol. The van der Waals surface area contributed by atoms with E-state index < -0.39 is 0 Å². The van der Waals surface area contributed by atoms with E-state index in [9.17, 15) is 0 Å². The molecule has 1 aromatic carbocycles. The number of hydrogen-bond donors (Lipinski definition) is 1. The van der Waals surface area contributed by atoms with Crippen LogP contribution in [-0.4, -0.2) is 6.04 Å². The minimum Gasteiger partial charge on any atom is -0.327 e. The fourth-order valence-corrected chi connectivity index (χ4v) is 3.35. The fourth-order valence-electron chi connectivity index (χ4n) is 3.03. The van der Waals surface area contributed by atoms with Gasteiger partial charge < -0.3 is 5.73 Å². The maximum Gasteiger partial charge on any atom is 0.0441 e. The van der Waals surface area contributed by atoms with Gasteiger partial charge in [0.2, 0.25) is 0 Å². The van der Waals surface area contributed by atoms with E-state index in [1.54, 1.807) is 0 Å². The van der Waals surface area contributed by atoms with Crippen LogP contribution in [0.1, 0.15) is 49.7 Å². The molecule has 0 bridgehead atoms. The summed E-state index contributed by atoms with van der Waals surface area (Å²) in [5.74, 6) is 0.845. The van der Waals surface area contributed by atoms with Crippen LogP contribution in [0.25, 0.3) is 0 Å². The highest BCUT2D eigenvalue weighted by Gasteiger charge is 2.17. The van der Waals surface area contributed by atoms with Crippen molar-refractivity contribution in [2.45, 2.75) is 57.9 Å². The first kappa shape index (κ1) is 13.9. The second-order valence-electron chi connectivity index (χ2n) is 5.80. The molecule has 0 spiro atoms. The van der Waals surface area contributed by atoms with Gasteiger partial charge in [-0.25, -0.2) is 0 Å². The number of benzene rings is 1. The van der Waals surface area contributed by atoms with Gasteiger partial charge >= 0.3 is 0 Å². The van der Waals surface area contributed by atoms with Crippen molar-refractivity contribution < 1.29 is 0 Å². The minimum atomic E-state index is 0.258. The van der Waals surface area contributed by atoms with Crippen molar-refractivity contribution in [1.29, 1.82) is 0 Å². The highest BCUT2D eigenvalue weighted by molar-refractivity contribution is 6.31. The van der Waals surface area contributed by atoms with Gasteiger partial charge in [-0.1, -0.05) is 55.8 Å². The monoisotopic (exact) mass is 265 g/mol. The first-order chi connectivity index (χ1) is 8.65. The molecule has 100 valence electrons. The van der Waals surface area contributed by atoms with Gasteiger partial charge in [-0.15, -0.1) is 0 Å². The van der Waals surface area contributed by atoms with E-state index in [4.69, 9.17) is 17.3 Å². The van der Waals surface area contributed by atoms with Gasteiger partial charge in [0.25, 0.3) is 0 Å². The third-order valence-corrected chi connectivity index (χ3v) is 4.40. The number of hydrogen-bond acceptors (Lipinski definition) is 1. The Morgan fingerprint density at radius 2 is 2.00 bits per heavy atom. The standard InChI is InChI=1S/C16H24ClN/c1-12-7-8-14(16(17)9-12)11-15(18)10-13-5-3-2-4-6-13/h7-9,13,15H,2-6,10-11,18H2,1H3.